The number of fused-ring (bicyclic) bond motifs is 1. The molecule has 3 aromatic rings. The Hall–Kier alpha value is -2.36. The van der Waals surface area contributed by atoms with Crippen molar-refractivity contribution < 1.29 is 4.74 Å². The van der Waals surface area contributed by atoms with Gasteiger partial charge in [-0.25, -0.2) is 0 Å². The summed E-state index contributed by atoms with van der Waals surface area (Å²) in [6.07, 6.45) is 1.18. The van der Waals surface area contributed by atoms with Crippen LogP contribution in [0.5, 0.6) is 5.75 Å². The molecular weight excluding hydrogens is 320 g/mol. The molecule has 1 aliphatic heterocycles. The number of hydrogen-bond acceptors (Lipinski definition) is 3. The number of rotatable bonds is 4. The Morgan fingerprint density at radius 3 is 2.42 bits per heavy atom. The van der Waals surface area contributed by atoms with Crippen LogP contribution < -0.4 is 10.1 Å². The van der Waals surface area contributed by atoms with Crippen LogP contribution in [0.2, 0.25) is 0 Å². The van der Waals surface area contributed by atoms with Gasteiger partial charge in [0.25, 0.3) is 0 Å². The second-order valence-corrected chi connectivity index (χ2v) is 6.92. The van der Waals surface area contributed by atoms with Crippen LogP contribution in [0.25, 0.3) is 10.8 Å². The minimum absolute atomic E-state index is 0.269. The molecule has 0 aromatic heterocycles. The Morgan fingerprint density at radius 1 is 0.846 bits per heavy atom. The van der Waals surface area contributed by atoms with Crippen LogP contribution in [0.3, 0.4) is 0 Å². The third-order valence-corrected chi connectivity index (χ3v) is 5.26. The van der Waals surface area contributed by atoms with Crippen LogP contribution in [0, 0.1) is 0 Å². The van der Waals surface area contributed by atoms with Gasteiger partial charge in [-0.2, -0.15) is 0 Å². The Morgan fingerprint density at radius 2 is 1.62 bits per heavy atom. The Kier molecular flexibility index (Phi) is 5.19. The largest absolute Gasteiger partial charge is 0.497 e. The average Bonchev–Trinajstić information content (AvgIpc) is 2.98. The molecule has 1 saturated heterocycles. The molecule has 3 heteroatoms. The van der Waals surface area contributed by atoms with Crippen LogP contribution in [0.4, 0.5) is 0 Å². The van der Waals surface area contributed by atoms with Crippen LogP contribution in [-0.2, 0) is 0 Å². The summed E-state index contributed by atoms with van der Waals surface area (Å²) in [6.45, 7) is 4.31. The third kappa shape index (κ3) is 3.59. The van der Waals surface area contributed by atoms with E-state index in [1.54, 1.807) is 7.11 Å². The van der Waals surface area contributed by atoms with Crippen molar-refractivity contribution in [2.45, 2.75) is 12.5 Å². The Bertz CT molecular complexity index is 851. The van der Waals surface area contributed by atoms with Crippen LogP contribution >= 0.6 is 0 Å². The zero-order chi connectivity index (χ0) is 17.8. The SMILES string of the molecule is COc1ccc(C(c2ccc3ccccc3c2)N2CCCNCC2)cc1. The van der Waals surface area contributed by atoms with Gasteiger partial charge in [-0.3, -0.25) is 4.90 Å². The maximum atomic E-state index is 5.35. The van der Waals surface area contributed by atoms with Crippen LogP contribution in [-0.4, -0.2) is 38.2 Å². The monoisotopic (exact) mass is 346 g/mol. The summed E-state index contributed by atoms with van der Waals surface area (Å²) >= 11 is 0. The molecule has 3 aromatic carbocycles. The maximum Gasteiger partial charge on any atom is 0.118 e. The molecule has 1 heterocycles. The highest BCUT2D eigenvalue weighted by atomic mass is 16.5. The third-order valence-electron chi connectivity index (χ3n) is 5.26. The van der Waals surface area contributed by atoms with Gasteiger partial charge in [-0.1, -0.05) is 48.5 Å². The van der Waals surface area contributed by atoms with Gasteiger partial charge in [0.05, 0.1) is 13.2 Å². The van der Waals surface area contributed by atoms with Gasteiger partial charge in [0.1, 0.15) is 5.75 Å². The van der Waals surface area contributed by atoms with E-state index in [-0.39, 0.29) is 6.04 Å². The van der Waals surface area contributed by atoms with Crippen molar-refractivity contribution in [1.82, 2.24) is 10.2 Å². The summed E-state index contributed by atoms with van der Waals surface area (Å²) in [6, 6.07) is 24.3. The first-order valence-corrected chi connectivity index (χ1v) is 9.42. The minimum atomic E-state index is 0.269. The lowest BCUT2D eigenvalue weighted by Gasteiger charge is -2.31. The molecule has 134 valence electrons. The van der Waals surface area contributed by atoms with Gasteiger partial charge in [0, 0.05) is 19.6 Å². The summed E-state index contributed by atoms with van der Waals surface area (Å²) in [5.74, 6) is 0.906. The molecule has 0 radical (unpaired) electrons. The summed E-state index contributed by atoms with van der Waals surface area (Å²) in [7, 11) is 1.72. The summed E-state index contributed by atoms with van der Waals surface area (Å²) in [4.78, 5) is 2.60. The predicted octanol–water partition coefficient (Wildman–Crippen LogP) is 4.23. The summed E-state index contributed by atoms with van der Waals surface area (Å²) in [5, 5.41) is 6.12. The van der Waals surface area contributed by atoms with E-state index in [2.05, 4.69) is 76.9 Å². The molecule has 3 nitrogen and oxygen atoms in total. The van der Waals surface area contributed by atoms with E-state index >= 15 is 0 Å². The first-order chi connectivity index (χ1) is 12.8. The summed E-state index contributed by atoms with van der Waals surface area (Å²) < 4.78 is 5.35. The van der Waals surface area contributed by atoms with Crippen LogP contribution in [0.15, 0.2) is 66.7 Å². The van der Waals surface area contributed by atoms with E-state index in [1.807, 2.05) is 0 Å². The summed E-state index contributed by atoms with van der Waals surface area (Å²) in [5.41, 5.74) is 2.68. The second kappa shape index (κ2) is 7.90. The zero-order valence-corrected chi connectivity index (χ0v) is 15.3. The first-order valence-electron chi connectivity index (χ1n) is 9.42. The maximum absolute atomic E-state index is 5.35. The Labute approximate surface area is 155 Å². The first kappa shape index (κ1) is 17.1. The lowest BCUT2D eigenvalue weighted by atomic mass is 9.94. The van der Waals surface area contributed by atoms with E-state index in [0.29, 0.717) is 0 Å². The molecule has 0 amide bonds. The van der Waals surface area contributed by atoms with Crippen molar-refractivity contribution in [3.63, 3.8) is 0 Å². The van der Waals surface area contributed by atoms with Gasteiger partial charge >= 0.3 is 0 Å². The molecule has 0 spiro atoms. The van der Waals surface area contributed by atoms with E-state index in [0.717, 1.165) is 31.9 Å². The van der Waals surface area contributed by atoms with E-state index < -0.39 is 0 Å². The molecule has 0 saturated carbocycles. The number of hydrogen-bond donors (Lipinski definition) is 1. The standard InChI is InChI=1S/C23H26N2O/c1-26-22-11-9-19(10-12-22)23(25-15-4-13-24-14-16-25)21-8-7-18-5-2-3-6-20(18)17-21/h2-3,5-12,17,23-24H,4,13-16H2,1H3. The van der Waals surface area contributed by atoms with Crippen molar-refractivity contribution in [2.24, 2.45) is 0 Å². The van der Waals surface area contributed by atoms with E-state index in [4.69, 9.17) is 4.74 Å². The van der Waals surface area contributed by atoms with E-state index in [9.17, 15) is 0 Å². The molecule has 1 fully saturated rings. The molecule has 1 atom stereocenters. The normalized spacial score (nSPS) is 17.0. The van der Waals surface area contributed by atoms with E-state index in [1.165, 1.54) is 28.3 Å². The molecular formula is C23H26N2O. The number of ether oxygens (including phenoxy) is 1. The highest BCUT2D eigenvalue weighted by molar-refractivity contribution is 5.83. The lowest BCUT2D eigenvalue weighted by Crippen LogP contribution is -2.33. The van der Waals surface area contributed by atoms with Gasteiger partial charge in [-0.05, 0) is 53.1 Å². The molecule has 0 bridgehead atoms. The van der Waals surface area contributed by atoms with Crippen LogP contribution in [0.1, 0.15) is 23.6 Å². The smallest absolute Gasteiger partial charge is 0.118 e. The fourth-order valence-corrected chi connectivity index (χ4v) is 3.90. The van der Waals surface area contributed by atoms with Crippen molar-refractivity contribution in [3.8, 4) is 5.75 Å². The quantitative estimate of drug-likeness (QED) is 0.765. The fraction of sp³-hybridized carbons (Fsp3) is 0.304. The van der Waals surface area contributed by atoms with Crippen molar-refractivity contribution in [2.75, 3.05) is 33.3 Å². The topological polar surface area (TPSA) is 24.5 Å². The second-order valence-electron chi connectivity index (χ2n) is 6.92. The van der Waals surface area contributed by atoms with Crippen molar-refractivity contribution >= 4 is 10.8 Å². The molecule has 1 N–H and O–H groups in total. The van der Waals surface area contributed by atoms with Crippen molar-refractivity contribution in [1.29, 1.82) is 0 Å². The average molecular weight is 346 g/mol. The molecule has 26 heavy (non-hydrogen) atoms. The highest BCUT2D eigenvalue weighted by Gasteiger charge is 2.23. The number of benzene rings is 3. The molecule has 0 aliphatic carbocycles. The van der Waals surface area contributed by atoms with Gasteiger partial charge in [0.15, 0.2) is 0 Å². The number of nitrogens with zero attached hydrogens (tertiary/aromatic N) is 1. The van der Waals surface area contributed by atoms with Crippen molar-refractivity contribution in [3.05, 3.63) is 77.9 Å². The van der Waals surface area contributed by atoms with Gasteiger partial charge in [-0.15, -0.1) is 0 Å². The highest BCUT2D eigenvalue weighted by Crippen LogP contribution is 2.32. The predicted molar refractivity (Wildman–Crippen MR) is 108 cm³/mol. The Balaban J connectivity index is 1.76. The fourth-order valence-electron chi connectivity index (χ4n) is 3.90. The minimum Gasteiger partial charge on any atom is -0.497 e. The number of nitrogens with one attached hydrogen (secondary N) is 1. The zero-order valence-electron chi connectivity index (χ0n) is 15.3. The molecule has 1 aliphatic rings. The van der Waals surface area contributed by atoms with Gasteiger partial charge in [0.2, 0.25) is 0 Å². The molecule has 4 rings (SSSR count). The van der Waals surface area contributed by atoms with Gasteiger partial charge < -0.3 is 10.1 Å². The number of methoxy groups -OCH3 is 1. The lowest BCUT2D eigenvalue weighted by molar-refractivity contribution is 0.241. The molecule has 1 unspecified atom stereocenters.